The maximum absolute atomic E-state index is 13.0. The minimum atomic E-state index is -0.499. The molecule has 1 aromatic carbocycles. The van der Waals surface area contributed by atoms with Crippen LogP contribution in [0.25, 0.3) is 0 Å². The number of nitrogens with zero attached hydrogens (tertiary/aromatic N) is 3. The van der Waals surface area contributed by atoms with Gasteiger partial charge < -0.3 is 5.11 Å². The van der Waals surface area contributed by atoms with E-state index in [-0.39, 0.29) is 29.7 Å². The van der Waals surface area contributed by atoms with Crippen LogP contribution in [0.5, 0.6) is 0 Å². The standard InChI is InChI=1S/C14H12FN3O2/c15-10-3-1-9(2-4-10)12-5-11(19)6-13(20)14(12)18-8-16-7-17-18/h1-4,6-8,12,14,20H,5H2/t12-,14+/m0/s1. The number of aliphatic hydroxyl groups is 1. The number of hydrogen-bond acceptors (Lipinski definition) is 4. The van der Waals surface area contributed by atoms with Crippen LogP contribution in [0.1, 0.15) is 23.9 Å². The van der Waals surface area contributed by atoms with Crippen LogP contribution in [-0.4, -0.2) is 25.7 Å². The number of hydrogen-bond donors (Lipinski definition) is 1. The minimum Gasteiger partial charge on any atom is -0.510 e. The van der Waals surface area contributed by atoms with Crippen molar-refractivity contribution in [2.24, 2.45) is 0 Å². The quantitative estimate of drug-likeness (QED) is 0.910. The first-order chi connectivity index (χ1) is 9.65. The van der Waals surface area contributed by atoms with Gasteiger partial charge in [-0.15, -0.1) is 0 Å². The van der Waals surface area contributed by atoms with E-state index in [4.69, 9.17) is 0 Å². The average molecular weight is 273 g/mol. The largest absolute Gasteiger partial charge is 0.510 e. The molecule has 2 aromatic rings. The van der Waals surface area contributed by atoms with Gasteiger partial charge in [-0.1, -0.05) is 12.1 Å². The van der Waals surface area contributed by atoms with Crippen LogP contribution >= 0.6 is 0 Å². The summed E-state index contributed by atoms with van der Waals surface area (Å²) in [6, 6.07) is 5.42. The predicted molar refractivity (Wildman–Crippen MR) is 68.5 cm³/mol. The molecular formula is C14H12FN3O2. The monoisotopic (exact) mass is 273 g/mol. The molecule has 1 heterocycles. The molecule has 0 unspecified atom stereocenters. The summed E-state index contributed by atoms with van der Waals surface area (Å²) in [6.45, 7) is 0. The number of allylic oxidation sites excluding steroid dienone is 2. The zero-order valence-corrected chi connectivity index (χ0v) is 10.5. The van der Waals surface area contributed by atoms with E-state index in [0.29, 0.717) is 0 Å². The summed E-state index contributed by atoms with van der Waals surface area (Å²) in [7, 11) is 0. The highest BCUT2D eigenvalue weighted by Crippen LogP contribution is 2.38. The smallest absolute Gasteiger partial charge is 0.159 e. The van der Waals surface area contributed by atoms with E-state index in [9.17, 15) is 14.3 Å². The van der Waals surface area contributed by atoms with Crippen molar-refractivity contribution >= 4 is 5.78 Å². The first-order valence-electron chi connectivity index (χ1n) is 6.18. The predicted octanol–water partition coefficient (Wildman–Crippen LogP) is 2.16. The molecule has 3 rings (SSSR count). The lowest BCUT2D eigenvalue weighted by Gasteiger charge is -2.29. The lowest BCUT2D eigenvalue weighted by atomic mass is 9.82. The lowest BCUT2D eigenvalue weighted by molar-refractivity contribution is -0.116. The van der Waals surface area contributed by atoms with Gasteiger partial charge in [0.25, 0.3) is 0 Å². The number of rotatable bonds is 2. The molecule has 102 valence electrons. The molecule has 0 saturated heterocycles. The lowest BCUT2D eigenvalue weighted by Crippen LogP contribution is -2.27. The average Bonchev–Trinajstić information content (AvgIpc) is 2.92. The van der Waals surface area contributed by atoms with Gasteiger partial charge in [0.05, 0.1) is 0 Å². The van der Waals surface area contributed by atoms with E-state index in [1.54, 1.807) is 12.1 Å². The van der Waals surface area contributed by atoms with Crippen LogP contribution in [0, 0.1) is 5.82 Å². The van der Waals surface area contributed by atoms with Crippen molar-refractivity contribution in [2.75, 3.05) is 0 Å². The van der Waals surface area contributed by atoms with Gasteiger partial charge in [0.15, 0.2) is 5.78 Å². The Morgan fingerprint density at radius 1 is 1.30 bits per heavy atom. The minimum absolute atomic E-state index is 0.0546. The Morgan fingerprint density at radius 2 is 2.05 bits per heavy atom. The van der Waals surface area contributed by atoms with Gasteiger partial charge in [-0.3, -0.25) is 4.79 Å². The maximum atomic E-state index is 13.0. The molecule has 2 atom stereocenters. The van der Waals surface area contributed by atoms with Crippen molar-refractivity contribution in [3.8, 4) is 0 Å². The molecule has 0 saturated carbocycles. The van der Waals surface area contributed by atoms with Crippen LogP contribution in [0.3, 0.4) is 0 Å². The number of halogens is 1. The second-order valence-electron chi connectivity index (χ2n) is 4.72. The van der Waals surface area contributed by atoms with Crippen LogP contribution in [0.4, 0.5) is 4.39 Å². The highest BCUT2D eigenvalue weighted by atomic mass is 19.1. The van der Waals surface area contributed by atoms with Crippen molar-refractivity contribution in [3.63, 3.8) is 0 Å². The Morgan fingerprint density at radius 3 is 2.70 bits per heavy atom. The Balaban J connectivity index is 2.04. The van der Waals surface area contributed by atoms with Gasteiger partial charge in [0, 0.05) is 18.4 Å². The SMILES string of the molecule is O=C1C=C(O)[C@H](n2cncn2)[C@H](c2ccc(F)cc2)C1. The Hall–Kier alpha value is -2.50. The summed E-state index contributed by atoms with van der Waals surface area (Å²) < 4.78 is 14.5. The maximum Gasteiger partial charge on any atom is 0.159 e. The molecule has 6 heteroatoms. The molecule has 0 radical (unpaired) electrons. The molecule has 0 aliphatic heterocycles. The second-order valence-corrected chi connectivity index (χ2v) is 4.72. The van der Waals surface area contributed by atoms with Crippen molar-refractivity contribution < 1.29 is 14.3 Å². The molecule has 0 spiro atoms. The fraction of sp³-hybridized carbons (Fsp3) is 0.214. The second kappa shape index (κ2) is 4.88. The van der Waals surface area contributed by atoms with Crippen molar-refractivity contribution in [2.45, 2.75) is 18.4 Å². The third-order valence-corrected chi connectivity index (χ3v) is 3.43. The topological polar surface area (TPSA) is 68.0 Å². The van der Waals surface area contributed by atoms with Gasteiger partial charge in [0.2, 0.25) is 0 Å². The fourth-order valence-electron chi connectivity index (χ4n) is 2.53. The van der Waals surface area contributed by atoms with E-state index in [1.807, 2.05) is 0 Å². The highest BCUT2D eigenvalue weighted by molar-refractivity contribution is 5.92. The summed E-state index contributed by atoms with van der Waals surface area (Å²) >= 11 is 0. The van der Waals surface area contributed by atoms with E-state index >= 15 is 0 Å². The van der Waals surface area contributed by atoms with Gasteiger partial charge in [-0.2, -0.15) is 5.10 Å². The van der Waals surface area contributed by atoms with Crippen LogP contribution in [0.2, 0.25) is 0 Å². The molecule has 0 bridgehead atoms. The van der Waals surface area contributed by atoms with Crippen molar-refractivity contribution in [1.82, 2.24) is 14.8 Å². The van der Waals surface area contributed by atoms with Crippen molar-refractivity contribution in [1.29, 1.82) is 0 Å². The molecule has 20 heavy (non-hydrogen) atoms. The third kappa shape index (κ3) is 2.20. The summed E-state index contributed by atoms with van der Waals surface area (Å²) in [5.74, 6) is -0.850. The van der Waals surface area contributed by atoms with Gasteiger partial charge in [-0.25, -0.2) is 14.1 Å². The summed E-state index contributed by atoms with van der Waals surface area (Å²) in [6.07, 6.45) is 4.30. The van der Waals surface area contributed by atoms with Crippen molar-refractivity contribution in [3.05, 3.63) is 60.1 Å². The number of aliphatic hydroxyl groups excluding tert-OH is 1. The molecule has 5 nitrogen and oxygen atoms in total. The van der Waals surface area contributed by atoms with E-state index in [1.165, 1.54) is 35.5 Å². The first kappa shape index (κ1) is 12.5. The summed E-state index contributed by atoms with van der Waals surface area (Å²) in [4.78, 5) is 15.5. The third-order valence-electron chi connectivity index (χ3n) is 3.43. The Labute approximate surface area is 114 Å². The van der Waals surface area contributed by atoms with Crippen LogP contribution in [0.15, 0.2) is 48.8 Å². The molecule has 1 N–H and O–H groups in total. The van der Waals surface area contributed by atoms with E-state index in [0.717, 1.165) is 5.56 Å². The normalized spacial score (nSPS) is 22.6. The Bertz CT molecular complexity index is 650. The molecule has 0 amide bonds. The molecular weight excluding hydrogens is 261 g/mol. The summed E-state index contributed by atoms with van der Waals surface area (Å²) in [5.41, 5.74) is 0.778. The van der Waals surface area contributed by atoms with E-state index < -0.39 is 6.04 Å². The molecule has 1 aliphatic carbocycles. The zero-order chi connectivity index (χ0) is 14.1. The van der Waals surface area contributed by atoms with Gasteiger partial charge in [-0.05, 0) is 17.7 Å². The zero-order valence-electron chi connectivity index (χ0n) is 10.5. The number of ketones is 1. The van der Waals surface area contributed by atoms with Crippen LogP contribution in [-0.2, 0) is 4.79 Å². The van der Waals surface area contributed by atoms with Gasteiger partial charge in [0.1, 0.15) is 30.3 Å². The summed E-state index contributed by atoms with van der Waals surface area (Å²) in [5, 5.41) is 14.1. The first-order valence-corrected chi connectivity index (χ1v) is 6.18. The highest BCUT2D eigenvalue weighted by Gasteiger charge is 2.34. The molecule has 1 aliphatic rings. The van der Waals surface area contributed by atoms with Gasteiger partial charge >= 0.3 is 0 Å². The number of carbonyl (C=O) groups excluding carboxylic acids is 1. The molecule has 0 fully saturated rings. The van der Waals surface area contributed by atoms with E-state index in [2.05, 4.69) is 10.1 Å². The molecule has 1 aromatic heterocycles. The number of aromatic nitrogens is 3. The number of carbonyl (C=O) groups is 1. The Kier molecular flexibility index (Phi) is 3.06. The van der Waals surface area contributed by atoms with Crippen LogP contribution < -0.4 is 0 Å². The fourth-order valence-corrected chi connectivity index (χ4v) is 2.53. The number of benzene rings is 1.